The molecule has 2 aliphatic rings. The van der Waals surface area contributed by atoms with E-state index in [0.29, 0.717) is 37.2 Å². The molecule has 4 nitrogen and oxygen atoms in total. The van der Waals surface area contributed by atoms with Gasteiger partial charge in [-0.05, 0) is 61.1 Å². The van der Waals surface area contributed by atoms with Gasteiger partial charge in [0.25, 0.3) is 0 Å². The third-order valence-electron chi connectivity index (χ3n) is 7.54. The Balaban J connectivity index is 1.37. The van der Waals surface area contributed by atoms with Crippen LogP contribution in [0.5, 0.6) is 11.5 Å². The summed E-state index contributed by atoms with van der Waals surface area (Å²) in [5.74, 6) is 1.34. The number of ketones is 2. The second-order valence-electron chi connectivity index (χ2n) is 10.3. The molecule has 35 heavy (non-hydrogen) atoms. The molecular weight excluding hydrogens is 436 g/mol. The van der Waals surface area contributed by atoms with E-state index < -0.39 is 5.41 Å². The fraction of sp³-hybridized carbons (Fsp3) is 0.548. The van der Waals surface area contributed by atoms with Gasteiger partial charge in [-0.1, -0.05) is 77.3 Å². The number of ether oxygens (including phenoxy) is 2. The Morgan fingerprint density at radius 2 is 1.06 bits per heavy atom. The molecule has 0 saturated carbocycles. The van der Waals surface area contributed by atoms with Crippen molar-refractivity contribution >= 4 is 11.6 Å². The number of benzene rings is 2. The van der Waals surface area contributed by atoms with Crippen LogP contribution >= 0.6 is 0 Å². The number of hydrogen-bond acceptors (Lipinski definition) is 4. The van der Waals surface area contributed by atoms with Gasteiger partial charge >= 0.3 is 0 Å². The van der Waals surface area contributed by atoms with Gasteiger partial charge in [-0.15, -0.1) is 0 Å². The first-order valence-electron chi connectivity index (χ1n) is 13.7. The monoisotopic (exact) mass is 476 g/mol. The van der Waals surface area contributed by atoms with E-state index in [1.807, 2.05) is 36.4 Å². The lowest BCUT2D eigenvalue weighted by atomic mass is 9.80. The smallest absolute Gasteiger partial charge is 0.177 e. The molecular formula is C31H40O4. The SMILES string of the molecule is CCCCCCCOc1ccc2c(c1)C(=O)C1(C2)Cc2ccc(OCCCCCCC)cc2C1=O. The molecule has 4 heteroatoms. The van der Waals surface area contributed by atoms with E-state index in [-0.39, 0.29) is 11.6 Å². The molecule has 0 N–H and O–H groups in total. The van der Waals surface area contributed by atoms with Gasteiger partial charge < -0.3 is 9.47 Å². The summed E-state index contributed by atoms with van der Waals surface area (Å²) < 4.78 is 11.9. The molecule has 0 saturated heterocycles. The average Bonchev–Trinajstić information content (AvgIpc) is 3.31. The maximum Gasteiger partial charge on any atom is 0.177 e. The second kappa shape index (κ2) is 11.9. The van der Waals surface area contributed by atoms with E-state index in [1.165, 1.54) is 38.5 Å². The predicted octanol–water partition coefficient (Wildman–Crippen LogP) is 7.55. The van der Waals surface area contributed by atoms with Crippen LogP contribution < -0.4 is 9.47 Å². The number of hydrogen-bond donors (Lipinski definition) is 0. The molecule has 0 amide bonds. The summed E-state index contributed by atoms with van der Waals surface area (Å²) in [6.07, 6.45) is 12.8. The van der Waals surface area contributed by atoms with Gasteiger partial charge in [0.1, 0.15) is 16.9 Å². The highest BCUT2D eigenvalue weighted by Crippen LogP contribution is 2.48. The summed E-state index contributed by atoms with van der Waals surface area (Å²) in [4.78, 5) is 27.1. The Hall–Kier alpha value is -2.62. The second-order valence-corrected chi connectivity index (χ2v) is 10.3. The molecule has 0 aliphatic heterocycles. The zero-order valence-corrected chi connectivity index (χ0v) is 21.5. The van der Waals surface area contributed by atoms with Crippen molar-refractivity contribution in [2.75, 3.05) is 13.2 Å². The van der Waals surface area contributed by atoms with E-state index in [4.69, 9.17) is 9.47 Å². The fourth-order valence-corrected chi connectivity index (χ4v) is 5.47. The first-order valence-corrected chi connectivity index (χ1v) is 13.7. The molecule has 0 fully saturated rings. The van der Waals surface area contributed by atoms with Crippen molar-refractivity contribution in [1.82, 2.24) is 0 Å². The van der Waals surface area contributed by atoms with Gasteiger partial charge in [0.15, 0.2) is 11.6 Å². The molecule has 0 bridgehead atoms. The van der Waals surface area contributed by atoms with E-state index in [1.54, 1.807) is 0 Å². The van der Waals surface area contributed by atoms with Crippen LogP contribution in [0.4, 0.5) is 0 Å². The summed E-state index contributed by atoms with van der Waals surface area (Å²) >= 11 is 0. The zero-order valence-electron chi connectivity index (χ0n) is 21.5. The summed E-state index contributed by atoms with van der Waals surface area (Å²) in [6.45, 7) is 5.74. The standard InChI is InChI=1S/C31H40O4/c1-3-5-7-9-11-17-34-25-15-13-23-21-31(29(32)27(23)19-25)22-24-14-16-26(20-28(24)30(31)33)35-18-12-10-8-6-4-2/h13-16,19-20H,3-12,17-18,21-22H2,1-2H3. The number of carbonyl (C=O) groups is 2. The minimum atomic E-state index is -0.998. The van der Waals surface area contributed by atoms with Gasteiger partial charge in [0.2, 0.25) is 0 Å². The Labute approximate surface area is 210 Å². The van der Waals surface area contributed by atoms with Gasteiger partial charge in [-0.25, -0.2) is 0 Å². The fourth-order valence-electron chi connectivity index (χ4n) is 5.47. The zero-order chi connectivity index (χ0) is 24.7. The first kappa shape index (κ1) is 25.5. The molecule has 188 valence electrons. The minimum Gasteiger partial charge on any atom is -0.494 e. The van der Waals surface area contributed by atoms with Crippen LogP contribution in [0.3, 0.4) is 0 Å². The van der Waals surface area contributed by atoms with E-state index in [0.717, 1.165) is 48.3 Å². The van der Waals surface area contributed by atoms with Crippen molar-refractivity contribution in [3.63, 3.8) is 0 Å². The van der Waals surface area contributed by atoms with Crippen LogP contribution in [-0.2, 0) is 12.8 Å². The maximum absolute atomic E-state index is 13.6. The number of Topliss-reactive ketones (excluding diaryl/α,β-unsaturated/α-hetero) is 2. The topological polar surface area (TPSA) is 52.6 Å². The van der Waals surface area contributed by atoms with Crippen molar-refractivity contribution in [3.8, 4) is 11.5 Å². The number of unbranched alkanes of at least 4 members (excludes halogenated alkanes) is 8. The van der Waals surface area contributed by atoms with Crippen molar-refractivity contribution in [1.29, 1.82) is 0 Å². The molecule has 1 spiro atoms. The van der Waals surface area contributed by atoms with Gasteiger partial charge in [0, 0.05) is 11.1 Å². The third-order valence-corrected chi connectivity index (χ3v) is 7.54. The number of carbonyl (C=O) groups excluding carboxylic acids is 2. The Morgan fingerprint density at radius 1 is 0.629 bits per heavy atom. The van der Waals surface area contributed by atoms with Gasteiger partial charge in [-0.3, -0.25) is 9.59 Å². The van der Waals surface area contributed by atoms with Crippen molar-refractivity contribution < 1.29 is 19.1 Å². The Morgan fingerprint density at radius 3 is 1.49 bits per heavy atom. The quantitative estimate of drug-likeness (QED) is 0.209. The maximum atomic E-state index is 13.6. The molecule has 0 atom stereocenters. The summed E-state index contributed by atoms with van der Waals surface area (Å²) in [7, 11) is 0. The number of fused-ring (bicyclic) bond motifs is 2. The van der Waals surface area contributed by atoms with E-state index in [9.17, 15) is 9.59 Å². The highest BCUT2D eigenvalue weighted by atomic mass is 16.5. The van der Waals surface area contributed by atoms with E-state index in [2.05, 4.69) is 13.8 Å². The third kappa shape index (κ3) is 5.63. The van der Waals surface area contributed by atoms with Crippen molar-refractivity contribution in [3.05, 3.63) is 58.7 Å². The van der Waals surface area contributed by atoms with Crippen LogP contribution in [0.25, 0.3) is 0 Å². The molecule has 0 aromatic heterocycles. The van der Waals surface area contributed by atoms with Crippen molar-refractivity contribution in [2.45, 2.75) is 90.9 Å². The summed E-state index contributed by atoms with van der Waals surface area (Å²) in [5, 5.41) is 0. The minimum absolute atomic E-state index is 0.0551. The molecule has 0 radical (unpaired) electrons. The van der Waals surface area contributed by atoms with Crippen LogP contribution in [0, 0.1) is 5.41 Å². The average molecular weight is 477 g/mol. The predicted molar refractivity (Wildman–Crippen MR) is 140 cm³/mol. The molecule has 2 aromatic rings. The highest BCUT2D eigenvalue weighted by Gasteiger charge is 2.55. The molecule has 2 aromatic carbocycles. The van der Waals surface area contributed by atoms with Gasteiger partial charge in [-0.2, -0.15) is 0 Å². The van der Waals surface area contributed by atoms with Crippen LogP contribution in [0.15, 0.2) is 36.4 Å². The first-order chi connectivity index (χ1) is 17.1. The van der Waals surface area contributed by atoms with Crippen LogP contribution in [0.1, 0.15) is 110 Å². The van der Waals surface area contributed by atoms with E-state index >= 15 is 0 Å². The van der Waals surface area contributed by atoms with Gasteiger partial charge in [0.05, 0.1) is 13.2 Å². The normalized spacial score (nSPS) is 15.5. The summed E-state index contributed by atoms with van der Waals surface area (Å²) in [5.41, 5.74) is 2.21. The lowest BCUT2D eigenvalue weighted by molar-refractivity contribution is 0.0705. The highest BCUT2D eigenvalue weighted by molar-refractivity contribution is 6.24. The number of rotatable bonds is 14. The van der Waals surface area contributed by atoms with Crippen molar-refractivity contribution in [2.24, 2.45) is 5.41 Å². The molecule has 4 rings (SSSR count). The Bertz CT molecular complexity index is 955. The molecule has 2 aliphatic carbocycles. The summed E-state index contributed by atoms with van der Waals surface area (Å²) in [6, 6.07) is 11.5. The lowest BCUT2D eigenvalue weighted by Gasteiger charge is -2.18. The largest absolute Gasteiger partial charge is 0.494 e. The molecule has 0 heterocycles. The molecule has 0 unspecified atom stereocenters. The Kier molecular flexibility index (Phi) is 8.64. The van der Waals surface area contributed by atoms with Crippen LogP contribution in [-0.4, -0.2) is 24.8 Å². The lowest BCUT2D eigenvalue weighted by Crippen LogP contribution is -2.34. The van der Waals surface area contributed by atoms with Crippen LogP contribution in [0.2, 0.25) is 0 Å².